The maximum absolute atomic E-state index is 12.9. The fraction of sp³-hybridized carbons (Fsp3) is 0.500. The van der Waals surface area contributed by atoms with Gasteiger partial charge >= 0.3 is 0 Å². The topological polar surface area (TPSA) is 106 Å². The number of carbonyl (C=O) groups is 1. The van der Waals surface area contributed by atoms with Crippen LogP contribution in [0.3, 0.4) is 0 Å². The van der Waals surface area contributed by atoms with E-state index < -0.39 is 15.5 Å². The second-order valence-electron chi connectivity index (χ2n) is 6.81. The van der Waals surface area contributed by atoms with Gasteiger partial charge in [-0.3, -0.25) is 19.4 Å². The molecule has 1 saturated heterocycles. The lowest BCUT2D eigenvalue weighted by molar-refractivity contribution is -0.117. The Kier molecular flexibility index (Phi) is 5.91. The quantitative estimate of drug-likeness (QED) is 0.780. The summed E-state index contributed by atoms with van der Waals surface area (Å²) in [6.07, 6.45) is 1.40. The van der Waals surface area contributed by atoms with Gasteiger partial charge in [0.25, 0.3) is 0 Å². The lowest BCUT2D eigenvalue weighted by atomic mass is 10.2. The number of nitrogens with zero attached hydrogens (tertiary/aromatic N) is 2. The van der Waals surface area contributed by atoms with Gasteiger partial charge in [-0.2, -0.15) is 4.98 Å². The molecule has 0 bridgehead atoms. The van der Waals surface area contributed by atoms with Crippen molar-refractivity contribution in [2.45, 2.75) is 36.7 Å². The van der Waals surface area contributed by atoms with Crippen LogP contribution in [0.25, 0.3) is 11.4 Å². The number of rotatable bonds is 6. The molecule has 2 aromatic rings. The van der Waals surface area contributed by atoms with E-state index in [4.69, 9.17) is 9.47 Å². The summed E-state index contributed by atoms with van der Waals surface area (Å²) >= 11 is 0. The monoisotopic (exact) mass is 392 g/mol. The van der Waals surface area contributed by atoms with Crippen LogP contribution >= 0.6 is 0 Å². The van der Waals surface area contributed by atoms with Gasteiger partial charge in [-0.25, -0.2) is 0 Å². The van der Waals surface area contributed by atoms with Crippen molar-refractivity contribution >= 4 is 22.7 Å². The minimum absolute atomic E-state index is 0.0403. The molecule has 1 aromatic heterocycles. The van der Waals surface area contributed by atoms with Crippen molar-refractivity contribution in [1.29, 1.82) is 0 Å². The third-order valence-electron chi connectivity index (χ3n) is 4.60. The molecule has 1 aliphatic heterocycles. The first-order valence-corrected chi connectivity index (χ1v) is 10.00. The Morgan fingerprint density at radius 2 is 1.96 bits per heavy atom. The predicted molar refractivity (Wildman–Crippen MR) is 103 cm³/mol. The van der Waals surface area contributed by atoms with Crippen LogP contribution in [0.15, 0.2) is 24.3 Å². The van der Waals surface area contributed by atoms with Gasteiger partial charge < -0.3 is 9.47 Å². The number of hydrogen-bond acceptors (Lipinski definition) is 6. The van der Waals surface area contributed by atoms with Crippen LogP contribution in [-0.2, 0) is 20.3 Å². The number of anilines is 1. The summed E-state index contributed by atoms with van der Waals surface area (Å²) in [6.45, 7) is 4.54. The molecular weight excluding hydrogens is 368 g/mol. The molecule has 3 rings (SSSR count). The number of hydrogen-bond donors (Lipinski definition) is 2. The number of aromatic amines is 1. The number of nitrogens with one attached hydrogen (secondary N) is 2. The van der Waals surface area contributed by atoms with Crippen molar-refractivity contribution in [3.63, 3.8) is 0 Å². The summed E-state index contributed by atoms with van der Waals surface area (Å²) in [5.74, 6) is 1.05. The average molecular weight is 392 g/mol. The van der Waals surface area contributed by atoms with Crippen LogP contribution in [-0.4, -0.2) is 55.6 Å². The SMILES string of the molecule is COc1ccc(-c2nc(NC(=O)C(C)(C)S(=O)C3CCOCC3)n[nH]2)cc1. The Bertz CT molecular complexity index is 813. The second-order valence-corrected chi connectivity index (χ2v) is 9.09. The Labute approximate surface area is 160 Å². The molecule has 1 aromatic carbocycles. The first-order valence-electron chi connectivity index (χ1n) is 8.78. The maximum Gasteiger partial charge on any atom is 0.249 e. The smallest absolute Gasteiger partial charge is 0.249 e. The molecule has 0 radical (unpaired) electrons. The van der Waals surface area contributed by atoms with Crippen LogP contribution in [0.5, 0.6) is 5.75 Å². The van der Waals surface area contributed by atoms with E-state index in [-0.39, 0.29) is 17.1 Å². The first-order chi connectivity index (χ1) is 12.9. The van der Waals surface area contributed by atoms with Crippen LogP contribution in [0.4, 0.5) is 5.95 Å². The third-order valence-corrected chi connectivity index (χ3v) is 6.86. The van der Waals surface area contributed by atoms with Gasteiger partial charge in [0, 0.05) is 34.8 Å². The molecular formula is C18H24N4O4S. The van der Waals surface area contributed by atoms with Crippen LogP contribution in [0.2, 0.25) is 0 Å². The van der Waals surface area contributed by atoms with Crippen molar-refractivity contribution in [3.8, 4) is 17.1 Å². The summed E-state index contributed by atoms with van der Waals surface area (Å²) in [5, 5.41) is 9.48. The summed E-state index contributed by atoms with van der Waals surface area (Å²) < 4.78 is 22.3. The molecule has 2 N–H and O–H groups in total. The lowest BCUT2D eigenvalue weighted by Gasteiger charge is -2.29. The number of aromatic nitrogens is 3. The Morgan fingerprint density at radius 1 is 1.30 bits per heavy atom. The van der Waals surface area contributed by atoms with Gasteiger partial charge in [0.05, 0.1) is 7.11 Å². The summed E-state index contributed by atoms with van der Waals surface area (Å²) in [4.78, 5) is 17.0. The van der Waals surface area contributed by atoms with E-state index in [2.05, 4.69) is 20.5 Å². The highest BCUT2D eigenvalue weighted by atomic mass is 32.2. The van der Waals surface area contributed by atoms with Crippen molar-refractivity contribution in [2.24, 2.45) is 0 Å². The molecule has 0 spiro atoms. The Hall–Kier alpha value is -2.26. The molecule has 27 heavy (non-hydrogen) atoms. The predicted octanol–water partition coefficient (Wildman–Crippen LogP) is 2.13. The number of ether oxygens (including phenoxy) is 2. The molecule has 1 atom stereocenters. The largest absolute Gasteiger partial charge is 0.497 e. The number of methoxy groups -OCH3 is 1. The zero-order valence-corrected chi connectivity index (χ0v) is 16.5. The number of H-pyrrole nitrogens is 1. The molecule has 2 heterocycles. The molecule has 9 heteroatoms. The zero-order valence-electron chi connectivity index (χ0n) is 15.7. The van der Waals surface area contributed by atoms with E-state index >= 15 is 0 Å². The molecule has 146 valence electrons. The highest BCUT2D eigenvalue weighted by molar-refractivity contribution is 7.87. The van der Waals surface area contributed by atoms with Gasteiger partial charge in [-0.1, -0.05) is 0 Å². The van der Waals surface area contributed by atoms with Gasteiger partial charge in [0.1, 0.15) is 10.5 Å². The molecule has 1 aliphatic rings. The highest BCUT2D eigenvalue weighted by Gasteiger charge is 2.39. The Morgan fingerprint density at radius 3 is 2.59 bits per heavy atom. The van der Waals surface area contributed by atoms with Crippen LogP contribution in [0, 0.1) is 0 Å². The van der Waals surface area contributed by atoms with E-state index in [0.29, 0.717) is 31.9 Å². The van der Waals surface area contributed by atoms with E-state index in [1.807, 2.05) is 24.3 Å². The normalized spacial score (nSPS) is 16.7. The van der Waals surface area contributed by atoms with E-state index in [9.17, 15) is 9.00 Å². The third kappa shape index (κ3) is 4.36. The maximum atomic E-state index is 12.9. The highest BCUT2D eigenvalue weighted by Crippen LogP contribution is 2.25. The minimum atomic E-state index is -1.33. The summed E-state index contributed by atoms with van der Waals surface area (Å²) in [7, 11) is 0.275. The molecule has 1 unspecified atom stereocenters. The fourth-order valence-corrected chi connectivity index (χ4v) is 4.53. The van der Waals surface area contributed by atoms with Crippen LogP contribution < -0.4 is 10.1 Å². The number of benzene rings is 1. The van der Waals surface area contributed by atoms with Crippen molar-refractivity contribution in [1.82, 2.24) is 15.2 Å². The van der Waals surface area contributed by atoms with Crippen molar-refractivity contribution in [2.75, 3.05) is 25.6 Å². The van der Waals surface area contributed by atoms with Gasteiger partial charge in [0.15, 0.2) is 5.82 Å². The summed E-state index contributed by atoms with van der Waals surface area (Å²) in [6, 6.07) is 7.32. The van der Waals surface area contributed by atoms with Gasteiger partial charge in [-0.05, 0) is 51.0 Å². The molecule has 0 saturated carbocycles. The summed E-state index contributed by atoms with van der Waals surface area (Å²) in [5.41, 5.74) is 0.814. The van der Waals surface area contributed by atoms with Crippen LogP contribution in [0.1, 0.15) is 26.7 Å². The van der Waals surface area contributed by atoms with Gasteiger partial charge in [-0.15, -0.1) is 5.10 Å². The number of carbonyl (C=O) groups excluding carboxylic acids is 1. The fourth-order valence-electron chi connectivity index (χ4n) is 2.85. The van der Waals surface area contributed by atoms with Crippen molar-refractivity contribution < 1.29 is 18.5 Å². The molecule has 0 aliphatic carbocycles. The standard InChI is InChI=1S/C18H24N4O4S/c1-18(2,27(24)14-8-10-26-11-9-14)16(23)20-17-19-15(21-22-17)12-4-6-13(25-3)7-5-12/h4-7,14H,8-11H2,1-3H3,(H2,19,20,21,22,23). The molecule has 1 fully saturated rings. The zero-order chi connectivity index (χ0) is 19.4. The van der Waals surface area contributed by atoms with Gasteiger partial charge in [0.2, 0.25) is 11.9 Å². The lowest BCUT2D eigenvalue weighted by Crippen LogP contribution is -2.46. The molecule has 1 amide bonds. The van der Waals surface area contributed by atoms with E-state index in [1.54, 1.807) is 21.0 Å². The second kappa shape index (κ2) is 8.18. The first kappa shape index (κ1) is 19.5. The number of amides is 1. The van der Waals surface area contributed by atoms with Crippen molar-refractivity contribution in [3.05, 3.63) is 24.3 Å². The minimum Gasteiger partial charge on any atom is -0.497 e. The van der Waals surface area contributed by atoms with E-state index in [1.165, 1.54) is 0 Å². The van der Waals surface area contributed by atoms with E-state index in [0.717, 1.165) is 11.3 Å². The average Bonchev–Trinajstić information content (AvgIpc) is 3.16. The molecule has 8 nitrogen and oxygen atoms in total. The Balaban J connectivity index is 1.68.